The van der Waals surface area contributed by atoms with E-state index in [2.05, 4.69) is 20.8 Å². The van der Waals surface area contributed by atoms with Gasteiger partial charge in [-0.05, 0) is 48.5 Å². The fourth-order valence-corrected chi connectivity index (χ4v) is 5.10. The van der Waals surface area contributed by atoms with Crippen molar-refractivity contribution in [3.8, 4) is 0 Å². The van der Waals surface area contributed by atoms with Crippen molar-refractivity contribution in [1.29, 1.82) is 0 Å². The number of rotatable bonds is 3. The van der Waals surface area contributed by atoms with Gasteiger partial charge in [0, 0.05) is 6.42 Å². The Morgan fingerprint density at radius 2 is 1.86 bits per heavy atom. The van der Waals surface area contributed by atoms with Crippen LogP contribution in [0.5, 0.6) is 0 Å². The quantitative estimate of drug-likeness (QED) is 0.736. The predicted octanol–water partition coefficient (Wildman–Crippen LogP) is 4.78. The standard InChI is InChI=1S/C16H29O4P/c1-12-8-5-6-10-15(12,3)16(4)11-7-9-14(13(16)2)20-21(17,18)19/h12H,5-11H2,1-4H3,(H2,17,18,19). The van der Waals surface area contributed by atoms with Crippen LogP contribution in [0.2, 0.25) is 0 Å². The fraction of sp³-hybridized carbons (Fsp3) is 0.875. The Morgan fingerprint density at radius 1 is 1.19 bits per heavy atom. The van der Waals surface area contributed by atoms with E-state index in [1.165, 1.54) is 25.7 Å². The first-order chi connectivity index (χ1) is 9.60. The third-order valence-corrected chi connectivity index (χ3v) is 6.95. The van der Waals surface area contributed by atoms with Crippen LogP contribution < -0.4 is 0 Å². The van der Waals surface area contributed by atoms with Gasteiger partial charge in [0.15, 0.2) is 0 Å². The lowest BCUT2D eigenvalue weighted by Crippen LogP contribution is -2.46. The summed E-state index contributed by atoms with van der Waals surface area (Å²) in [5.74, 6) is 1.15. The van der Waals surface area contributed by atoms with Gasteiger partial charge in [0.05, 0.1) is 0 Å². The molecule has 4 nitrogen and oxygen atoms in total. The Bertz CT molecular complexity index is 481. The van der Waals surface area contributed by atoms with Crippen molar-refractivity contribution in [2.24, 2.45) is 16.7 Å². The van der Waals surface area contributed by atoms with Crippen molar-refractivity contribution >= 4 is 7.82 Å². The van der Waals surface area contributed by atoms with Crippen LogP contribution in [0.3, 0.4) is 0 Å². The molecule has 0 aromatic carbocycles. The summed E-state index contributed by atoms with van der Waals surface area (Å²) in [7, 11) is -4.46. The van der Waals surface area contributed by atoms with Crippen LogP contribution in [0.4, 0.5) is 0 Å². The van der Waals surface area contributed by atoms with Crippen LogP contribution in [0.25, 0.3) is 0 Å². The minimum atomic E-state index is -4.46. The number of hydrogen-bond donors (Lipinski definition) is 2. The molecule has 2 aliphatic carbocycles. The highest BCUT2D eigenvalue weighted by molar-refractivity contribution is 7.46. The molecule has 21 heavy (non-hydrogen) atoms. The van der Waals surface area contributed by atoms with Gasteiger partial charge in [0.25, 0.3) is 0 Å². The van der Waals surface area contributed by atoms with E-state index in [0.29, 0.717) is 18.1 Å². The fourth-order valence-electron chi connectivity index (χ4n) is 4.58. The normalized spacial score (nSPS) is 38.5. The molecule has 0 aliphatic heterocycles. The van der Waals surface area contributed by atoms with Crippen LogP contribution in [0, 0.1) is 16.7 Å². The lowest BCUT2D eigenvalue weighted by molar-refractivity contribution is -0.0101. The van der Waals surface area contributed by atoms with E-state index in [-0.39, 0.29) is 10.8 Å². The first kappa shape index (κ1) is 17.1. The molecule has 2 N–H and O–H groups in total. The highest BCUT2D eigenvalue weighted by Crippen LogP contribution is 2.61. The summed E-state index contributed by atoms with van der Waals surface area (Å²) in [5, 5.41) is 0. The van der Waals surface area contributed by atoms with E-state index in [1.54, 1.807) is 0 Å². The molecular weight excluding hydrogens is 287 g/mol. The second kappa shape index (κ2) is 5.72. The zero-order chi connectivity index (χ0) is 15.9. The third-order valence-electron chi connectivity index (χ3n) is 6.49. The molecule has 5 heteroatoms. The Labute approximate surface area is 128 Å². The number of phosphoric ester groups is 1. The minimum absolute atomic E-state index is 0.0322. The Morgan fingerprint density at radius 3 is 2.43 bits per heavy atom. The van der Waals surface area contributed by atoms with Gasteiger partial charge in [-0.1, -0.05) is 40.0 Å². The smallest absolute Gasteiger partial charge is 0.409 e. The van der Waals surface area contributed by atoms with Gasteiger partial charge in [0.2, 0.25) is 0 Å². The van der Waals surface area contributed by atoms with Crippen molar-refractivity contribution < 1.29 is 18.9 Å². The first-order valence-corrected chi connectivity index (χ1v) is 9.58. The molecule has 3 unspecified atom stereocenters. The van der Waals surface area contributed by atoms with Gasteiger partial charge in [-0.3, -0.25) is 9.79 Å². The van der Waals surface area contributed by atoms with E-state index in [9.17, 15) is 4.57 Å². The summed E-state index contributed by atoms with van der Waals surface area (Å²) in [6, 6.07) is 0. The zero-order valence-corrected chi connectivity index (χ0v) is 14.6. The van der Waals surface area contributed by atoms with Crippen molar-refractivity contribution in [1.82, 2.24) is 0 Å². The van der Waals surface area contributed by atoms with Gasteiger partial charge < -0.3 is 4.52 Å². The molecule has 0 radical (unpaired) electrons. The first-order valence-electron chi connectivity index (χ1n) is 8.05. The van der Waals surface area contributed by atoms with Crippen LogP contribution in [-0.2, 0) is 9.09 Å². The maximum atomic E-state index is 11.2. The molecule has 0 heterocycles. The summed E-state index contributed by atoms with van der Waals surface area (Å²) in [6.07, 6.45) is 7.62. The molecule has 0 amide bonds. The molecular formula is C16H29O4P. The van der Waals surface area contributed by atoms with Crippen LogP contribution in [-0.4, -0.2) is 9.79 Å². The largest absolute Gasteiger partial charge is 0.524 e. The lowest BCUT2D eigenvalue weighted by Gasteiger charge is -2.55. The van der Waals surface area contributed by atoms with Gasteiger partial charge in [-0.25, -0.2) is 4.57 Å². The molecule has 2 aliphatic rings. The molecule has 3 atom stereocenters. The van der Waals surface area contributed by atoms with Gasteiger partial charge in [-0.15, -0.1) is 0 Å². The highest BCUT2D eigenvalue weighted by Gasteiger charge is 2.51. The molecule has 0 bridgehead atoms. The minimum Gasteiger partial charge on any atom is -0.409 e. The van der Waals surface area contributed by atoms with Crippen molar-refractivity contribution in [2.75, 3.05) is 0 Å². The van der Waals surface area contributed by atoms with E-state index in [0.717, 1.165) is 18.4 Å². The Hall–Kier alpha value is -0.310. The number of phosphoric acid groups is 1. The number of allylic oxidation sites excluding steroid dienone is 2. The predicted molar refractivity (Wildman–Crippen MR) is 83.5 cm³/mol. The molecule has 0 aromatic heterocycles. The maximum absolute atomic E-state index is 11.2. The average Bonchev–Trinajstić information content (AvgIpc) is 2.37. The lowest BCUT2D eigenvalue weighted by atomic mass is 9.50. The molecule has 2 rings (SSSR count). The van der Waals surface area contributed by atoms with E-state index >= 15 is 0 Å². The van der Waals surface area contributed by atoms with Crippen LogP contribution in [0.15, 0.2) is 11.3 Å². The molecule has 0 saturated heterocycles. The number of hydrogen-bond acceptors (Lipinski definition) is 2. The summed E-state index contributed by atoms with van der Waals surface area (Å²) >= 11 is 0. The monoisotopic (exact) mass is 316 g/mol. The summed E-state index contributed by atoms with van der Waals surface area (Å²) < 4.78 is 16.2. The molecule has 0 spiro atoms. The van der Waals surface area contributed by atoms with Gasteiger partial charge in [0.1, 0.15) is 5.76 Å². The molecule has 122 valence electrons. The van der Waals surface area contributed by atoms with Gasteiger partial charge >= 0.3 is 7.82 Å². The Balaban J connectivity index is 2.40. The zero-order valence-electron chi connectivity index (χ0n) is 13.7. The summed E-state index contributed by atoms with van der Waals surface area (Å²) in [5.41, 5.74) is 1.20. The topological polar surface area (TPSA) is 66.8 Å². The summed E-state index contributed by atoms with van der Waals surface area (Å²) in [4.78, 5) is 18.3. The molecule has 0 aromatic rings. The van der Waals surface area contributed by atoms with Crippen molar-refractivity contribution in [2.45, 2.75) is 72.6 Å². The van der Waals surface area contributed by atoms with E-state index in [4.69, 9.17) is 14.3 Å². The van der Waals surface area contributed by atoms with Crippen LogP contribution >= 0.6 is 7.82 Å². The maximum Gasteiger partial charge on any atom is 0.524 e. The second-order valence-electron chi connectivity index (χ2n) is 7.38. The molecule has 1 saturated carbocycles. The van der Waals surface area contributed by atoms with E-state index < -0.39 is 7.82 Å². The SMILES string of the molecule is CC1=C(OP(=O)(O)O)CCCC1(C)C1(C)CCCCC1C. The van der Waals surface area contributed by atoms with Crippen molar-refractivity contribution in [3.63, 3.8) is 0 Å². The average molecular weight is 316 g/mol. The third kappa shape index (κ3) is 3.09. The molecule has 1 fully saturated rings. The van der Waals surface area contributed by atoms with Crippen LogP contribution in [0.1, 0.15) is 72.6 Å². The highest BCUT2D eigenvalue weighted by atomic mass is 31.2. The Kier molecular flexibility index (Phi) is 4.64. The second-order valence-corrected chi connectivity index (χ2v) is 8.54. The van der Waals surface area contributed by atoms with E-state index in [1.807, 2.05) is 6.92 Å². The van der Waals surface area contributed by atoms with Gasteiger partial charge in [-0.2, -0.15) is 0 Å². The summed E-state index contributed by atoms with van der Waals surface area (Å²) in [6.45, 7) is 8.97. The van der Waals surface area contributed by atoms with Crippen molar-refractivity contribution in [3.05, 3.63) is 11.3 Å².